The minimum absolute atomic E-state index is 0.104. The van der Waals surface area contributed by atoms with E-state index in [4.69, 9.17) is 32.5 Å². The largest absolute Gasteiger partial charge is 0.378 e. The first-order valence-electron chi connectivity index (χ1n) is 9.20. The number of carbonyl (C=O) groups is 1. The van der Waals surface area contributed by atoms with Crippen LogP contribution in [0.25, 0.3) is 22.6 Å². The lowest BCUT2D eigenvalue weighted by Gasteiger charge is -2.30. The number of ether oxygens (including phenoxy) is 1. The molecule has 0 spiro atoms. The molecule has 1 aliphatic rings. The number of alkyl halides is 1. The van der Waals surface area contributed by atoms with Crippen molar-refractivity contribution in [2.24, 2.45) is 0 Å². The van der Waals surface area contributed by atoms with Gasteiger partial charge in [0, 0.05) is 41.7 Å². The summed E-state index contributed by atoms with van der Waals surface area (Å²) >= 11 is 12.1. The molecule has 1 fully saturated rings. The van der Waals surface area contributed by atoms with Crippen LogP contribution in [0.15, 0.2) is 53.1 Å². The van der Waals surface area contributed by atoms with Gasteiger partial charge in [0.2, 0.25) is 5.91 Å². The van der Waals surface area contributed by atoms with Crippen LogP contribution in [0.3, 0.4) is 0 Å². The molecule has 1 aliphatic heterocycles. The Hall–Kier alpha value is -2.54. The first kappa shape index (κ1) is 19.8. The number of aromatic nitrogens is 1. The van der Waals surface area contributed by atoms with Crippen LogP contribution in [0.2, 0.25) is 5.02 Å². The van der Waals surface area contributed by atoms with Crippen molar-refractivity contribution in [3.05, 3.63) is 53.6 Å². The lowest BCUT2D eigenvalue weighted by Crippen LogP contribution is -2.36. The minimum Gasteiger partial charge on any atom is -0.378 e. The maximum absolute atomic E-state index is 11.5. The molecule has 2 aromatic carbocycles. The number of hydrogen-bond donors (Lipinski definition) is 1. The number of halogens is 2. The highest BCUT2D eigenvalue weighted by Crippen LogP contribution is 2.38. The SMILES string of the molecule is O=C(CCl)Nc1cccc(-c2cc(-c3c(Cl)cccc3N3CCOCC3)no2)c1. The molecule has 0 radical (unpaired) electrons. The van der Waals surface area contributed by atoms with Gasteiger partial charge in [-0.15, -0.1) is 11.6 Å². The normalized spacial score (nSPS) is 14.1. The standard InChI is InChI=1S/C21H19Cl2N3O3/c22-13-20(27)24-15-4-1-3-14(11-15)19-12-17(25-29-19)21-16(23)5-2-6-18(21)26-7-9-28-10-8-26/h1-6,11-12H,7-10,13H2,(H,24,27). The van der Waals surface area contributed by atoms with Crippen molar-refractivity contribution in [3.8, 4) is 22.6 Å². The van der Waals surface area contributed by atoms with Crippen LogP contribution >= 0.6 is 23.2 Å². The van der Waals surface area contributed by atoms with E-state index in [9.17, 15) is 4.79 Å². The van der Waals surface area contributed by atoms with Crippen LogP contribution < -0.4 is 10.2 Å². The van der Waals surface area contributed by atoms with Gasteiger partial charge in [0.25, 0.3) is 0 Å². The summed E-state index contributed by atoms with van der Waals surface area (Å²) in [5, 5.41) is 7.60. The summed E-state index contributed by atoms with van der Waals surface area (Å²) in [6, 6.07) is 15.0. The molecule has 1 saturated heterocycles. The molecule has 0 saturated carbocycles. The molecule has 150 valence electrons. The smallest absolute Gasteiger partial charge is 0.239 e. The predicted octanol–water partition coefficient (Wildman–Crippen LogP) is 4.68. The molecule has 4 rings (SSSR count). The third kappa shape index (κ3) is 4.40. The lowest BCUT2D eigenvalue weighted by atomic mass is 10.1. The number of carbonyl (C=O) groups excluding carboxylic acids is 1. The first-order chi connectivity index (χ1) is 14.2. The average molecular weight is 432 g/mol. The monoisotopic (exact) mass is 431 g/mol. The Morgan fingerprint density at radius 2 is 1.93 bits per heavy atom. The number of nitrogens with one attached hydrogen (secondary N) is 1. The Morgan fingerprint density at radius 3 is 2.72 bits per heavy atom. The summed E-state index contributed by atoms with van der Waals surface area (Å²) in [7, 11) is 0. The van der Waals surface area contributed by atoms with E-state index < -0.39 is 0 Å². The Morgan fingerprint density at radius 1 is 1.14 bits per heavy atom. The summed E-state index contributed by atoms with van der Waals surface area (Å²) in [6.45, 7) is 2.94. The van der Waals surface area contributed by atoms with Gasteiger partial charge in [-0.25, -0.2) is 0 Å². The number of nitrogens with zero attached hydrogens (tertiary/aromatic N) is 2. The van der Waals surface area contributed by atoms with Gasteiger partial charge in [0.15, 0.2) is 5.76 Å². The van der Waals surface area contributed by atoms with E-state index in [0.717, 1.165) is 29.9 Å². The highest BCUT2D eigenvalue weighted by molar-refractivity contribution is 6.34. The number of hydrogen-bond acceptors (Lipinski definition) is 5. The van der Waals surface area contributed by atoms with E-state index in [1.807, 2.05) is 42.5 Å². The van der Waals surface area contributed by atoms with Crippen LogP contribution in [0.4, 0.5) is 11.4 Å². The molecule has 29 heavy (non-hydrogen) atoms. The molecule has 1 amide bonds. The van der Waals surface area contributed by atoms with Gasteiger partial charge in [-0.05, 0) is 24.3 Å². The van der Waals surface area contributed by atoms with Crippen molar-refractivity contribution in [1.29, 1.82) is 0 Å². The van der Waals surface area contributed by atoms with Gasteiger partial charge in [0.05, 0.1) is 18.2 Å². The van der Waals surface area contributed by atoms with Crippen LogP contribution in [-0.4, -0.2) is 43.2 Å². The van der Waals surface area contributed by atoms with E-state index in [2.05, 4.69) is 15.4 Å². The Labute approximate surface area is 178 Å². The Kier molecular flexibility index (Phi) is 6.04. The van der Waals surface area contributed by atoms with E-state index in [0.29, 0.717) is 35.4 Å². The van der Waals surface area contributed by atoms with Crippen LogP contribution in [0.1, 0.15) is 0 Å². The van der Waals surface area contributed by atoms with E-state index >= 15 is 0 Å². The van der Waals surface area contributed by atoms with Crippen molar-refractivity contribution in [3.63, 3.8) is 0 Å². The Balaban J connectivity index is 1.67. The summed E-state index contributed by atoms with van der Waals surface area (Å²) in [5.74, 6) is 0.205. The molecule has 1 aromatic heterocycles. The summed E-state index contributed by atoms with van der Waals surface area (Å²) in [5.41, 5.74) is 3.91. The number of morpholine rings is 1. The van der Waals surface area contributed by atoms with Crippen LogP contribution in [0, 0.1) is 0 Å². The van der Waals surface area contributed by atoms with Gasteiger partial charge in [-0.1, -0.05) is 35.0 Å². The fraction of sp³-hybridized carbons (Fsp3) is 0.238. The summed E-state index contributed by atoms with van der Waals surface area (Å²) in [6.07, 6.45) is 0. The van der Waals surface area contributed by atoms with Crippen LogP contribution in [-0.2, 0) is 9.53 Å². The van der Waals surface area contributed by atoms with Crippen molar-refractivity contribution in [2.75, 3.05) is 42.4 Å². The third-order valence-corrected chi connectivity index (χ3v) is 5.22. The molecule has 0 unspecified atom stereocenters. The minimum atomic E-state index is -0.270. The Bertz CT molecular complexity index is 1020. The fourth-order valence-electron chi connectivity index (χ4n) is 3.31. The van der Waals surface area contributed by atoms with Gasteiger partial charge in [-0.3, -0.25) is 4.79 Å². The molecule has 0 bridgehead atoms. The number of anilines is 2. The number of benzene rings is 2. The zero-order valence-corrected chi connectivity index (χ0v) is 17.0. The van der Waals surface area contributed by atoms with Gasteiger partial charge < -0.3 is 19.5 Å². The maximum Gasteiger partial charge on any atom is 0.239 e. The van der Waals surface area contributed by atoms with Gasteiger partial charge >= 0.3 is 0 Å². The molecule has 6 nitrogen and oxygen atoms in total. The highest BCUT2D eigenvalue weighted by atomic mass is 35.5. The van der Waals surface area contributed by atoms with Gasteiger partial charge in [-0.2, -0.15) is 0 Å². The van der Waals surface area contributed by atoms with Crippen molar-refractivity contribution in [1.82, 2.24) is 5.16 Å². The second-order valence-corrected chi connectivity index (χ2v) is 7.25. The van der Waals surface area contributed by atoms with Gasteiger partial charge in [0.1, 0.15) is 11.6 Å². The highest BCUT2D eigenvalue weighted by Gasteiger charge is 2.20. The second kappa shape index (κ2) is 8.86. The first-order valence-corrected chi connectivity index (χ1v) is 10.1. The molecular weight excluding hydrogens is 413 g/mol. The molecule has 2 heterocycles. The topological polar surface area (TPSA) is 67.6 Å². The predicted molar refractivity (Wildman–Crippen MR) is 115 cm³/mol. The molecule has 8 heteroatoms. The van der Waals surface area contributed by atoms with E-state index in [-0.39, 0.29) is 11.8 Å². The second-order valence-electron chi connectivity index (χ2n) is 6.57. The quantitative estimate of drug-likeness (QED) is 0.594. The van der Waals surface area contributed by atoms with Crippen molar-refractivity contribution in [2.45, 2.75) is 0 Å². The summed E-state index contributed by atoms with van der Waals surface area (Å²) < 4.78 is 11.1. The molecule has 3 aromatic rings. The summed E-state index contributed by atoms with van der Waals surface area (Å²) in [4.78, 5) is 13.8. The third-order valence-electron chi connectivity index (χ3n) is 4.66. The molecule has 1 N–H and O–H groups in total. The van der Waals surface area contributed by atoms with E-state index in [1.165, 1.54) is 0 Å². The maximum atomic E-state index is 11.5. The molecule has 0 aliphatic carbocycles. The fourth-order valence-corrected chi connectivity index (χ4v) is 3.64. The number of rotatable bonds is 5. The molecule has 0 atom stereocenters. The number of amides is 1. The average Bonchev–Trinajstić information content (AvgIpc) is 3.24. The van der Waals surface area contributed by atoms with Crippen molar-refractivity contribution >= 4 is 40.5 Å². The molecular formula is C21H19Cl2N3O3. The van der Waals surface area contributed by atoms with Crippen molar-refractivity contribution < 1.29 is 14.1 Å². The van der Waals surface area contributed by atoms with E-state index in [1.54, 1.807) is 6.07 Å². The van der Waals surface area contributed by atoms with Crippen LogP contribution in [0.5, 0.6) is 0 Å². The zero-order chi connectivity index (χ0) is 20.2. The lowest BCUT2D eigenvalue weighted by molar-refractivity contribution is -0.113. The zero-order valence-electron chi connectivity index (χ0n) is 15.5.